The minimum absolute atomic E-state index is 0.00176. The van der Waals surface area contributed by atoms with Crippen molar-refractivity contribution < 1.29 is 8.78 Å². The molecule has 0 aliphatic carbocycles. The van der Waals surface area contributed by atoms with E-state index in [2.05, 4.69) is 15.2 Å². The Bertz CT molecular complexity index is 730. The van der Waals surface area contributed by atoms with Gasteiger partial charge in [-0.1, -0.05) is 18.2 Å². The van der Waals surface area contributed by atoms with Gasteiger partial charge in [0.25, 0.3) is 0 Å². The highest BCUT2D eigenvalue weighted by Crippen LogP contribution is 2.38. The molecule has 22 heavy (non-hydrogen) atoms. The minimum Gasteiger partial charge on any atom is -0.366 e. The molecule has 2 aliphatic rings. The summed E-state index contributed by atoms with van der Waals surface area (Å²) in [5.41, 5.74) is 2.54. The van der Waals surface area contributed by atoms with E-state index in [9.17, 15) is 8.78 Å². The van der Waals surface area contributed by atoms with Gasteiger partial charge in [0.05, 0.1) is 11.4 Å². The number of hydrogen-bond donors (Lipinski definition) is 1. The van der Waals surface area contributed by atoms with Gasteiger partial charge in [-0.15, -0.1) is 0 Å². The molecular weight excluding hydrogens is 399 g/mol. The third-order valence-electron chi connectivity index (χ3n) is 4.23. The fraction of sp³-hybridized carbons (Fsp3) is 0.312. The minimum atomic E-state index is -2.87. The van der Waals surface area contributed by atoms with Gasteiger partial charge < -0.3 is 10.2 Å². The summed E-state index contributed by atoms with van der Waals surface area (Å²) in [5.74, 6) is 0.859. The van der Waals surface area contributed by atoms with E-state index < -0.39 is 3.93 Å². The first-order valence-electron chi connectivity index (χ1n) is 7.21. The predicted octanol–water partition coefficient (Wildman–Crippen LogP) is 4.24. The fourth-order valence-electron chi connectivity index (χ4n) is 3.12. The number of fused-ring (bicyclic) bond motifs is 4. The van der Waals surface area contributed by atoms with E-state index in [1.807, 2.05) is 18.2 Å². The van der Waals surface area contributed by atoms with Crippen molar-refractivity contribution in [1.82, 2.24) is 4.98 Å². The first kappa shape index (κ1) is 14.2. The van der Waals surface area contributed by atoms with Crippen molar-refractivity contribution in [3.63, 3.8) is 0 Å². The van der Waals surface area contributed by atoms with Gasteiger partial charge in [-0.2, -0.15) is 8.78 Å². The molecule has 0 unspecified atom stereocenters. The van der Waals surface area contributed by atoms with Crippen molar-refractivity contribution in [1.29, 1.82) is 0 Å². The lowest BCUT2D eigenvalue weighted by molar-refractivity contribution is 0.127. The average Bonchev–Trinajstić information content (AvgIpc) is 2.88. The molecule has 1 aromatic heterocycles. The van der Waals surface area contributed by atoms with Crippen LogP contribution in [0.15, 0.2) is 36.4 Å². The van der Waals surface area contributed by atoms with Crippen molar-refractivity contribution in [2.24, 2.45) is 0 Å². The normalized spacial score (nSPS) is 19.8. The van der Waals surface area contributed by atoms with Gasteiger partial charge in [0.2, 0.25) is 0 Å². The Morgan fingerprint density at radius 1 is 1.27 bits per heavy atom. The lowest BCUT2D eigenvalue weighted by Crippen LogP contribution is -2.32. The molecule has 4 rings (SSSR count). The van der Waals surface area contributed by atoms with E-state index in [1.165, 1.54) is 12.1 Å². The first-order valence-corrected chi connectivity index (χ1v) is 8.29. The van der Waals surface area contributed by atoms with Crippen LogP contribution in [0, 0.1) is 0 Å². The summed E-state index contributed by atoms with van der Waals surface area (Å²) >= 11 is 1.15. The number of anilines is 2. The highest BCUT2D eigenvalue weighted by atomic mass is 127. The summed E-state index contributed by atoms with van der Waals surface area (Å²) in [4.78, 5) is 6.97. The van der Waals surface area contributed by atoms with Crippen LogP contribution in [0.4, 0.5) is 20.3 Å². The Labute approximate surface area is 140 Å². The Kier molecular flexibility index (Phi) is 3.25. The summed E-state index contributed by atoms with van der Waals surface area (Å²) in [6.45, 7) is 2.06. The van der Waals surface area contributed by atoms with Crippen LogP contribution in [0.1, 0.15) is 12.0 Å². The molecule has 0 radical (unpaired) electrons. The van der Waals surface area contributed by atoms with Gasteiger partial charge in [0.15, 0.2) is 5.82 Å². The molecule has 3 nitrogen and oxygen atoms in total. The molecule has 1 saturated heterocycles. The molecule has 0 spiro atoms. The standard InChI is InChI=1S/C16H14F2IN3/c17-16(18,19)11-3-1-2-10(8-11)13-4-5-14-15(21-13)20-12-6-7-22(14)9-12/h1-5,8,12H,6-7,9H2,(H,20,21)/t12-/m0/s1. The number of rotatable bonds is 2. The number of aromatic nitrogens is 1. The quantitative estimate of drug-likeness (QED) is 0.590. The topological polar surface area (TPSA) is 28.2 Å². The summed E-state index contributed by atoms with van der Waals surface area (Å²) in [7, 11) is 0. The van der Waals surface area contributed by atoms with Crippen LogP contribution in [0.5, 0.6) is 0 Å². The molecule has 1 N–H and O–H groups in total. The maximum absolute atomic E-state index is 13.5. The van der Waals surface area contributed by atoms with E-state index in [-0.39, 0.29) is 5.56 Å². The number of benzene rings is 1. The van der Waals surface area contributed by atoms with Gasteiger partial charge in [0, 0.05) is 52.8 Å². The van der Waals surface area contributed by atoms with Crippen LogP contribution < -0.4 is 10.2 Å². The zero-order valence-corrected chi connectivity index (χ0v) is 13.8. The van der Waals surface area contributed by atoms with Crippen molar-refractivity contribution in [3.05, 3.63) is 42.0 Å². The van der Waals surface area contributed by atoms with Gasteiger partial charge >= 0.3 is 3.93 Å². The van der Waals surface area contributed by atoms with Crippen molar-refractivity contribution >= 4 is 34.1 Å². The smallest absolute Gasteiger partial charge is 0.321 e. The van der Waals surface area contributed by atoms with Gasteiger partial charge in [0.1, 0.15) is 0 Å². The third-order valence-corrected chi connectivity index (χ3v) is 4.85. The number of hydrogen-bond acceptors (Lipinski definition) is 3. The number of nitrogens with zero attached hydrogens (tertiary/aromatic N) is 2. The highest BCUT2D eigenvalue weighted by Gasteiger charge is 2.31. The molecular formula is C16H14F2IN3. The molecule has 2 aromatic rings. The van der Waals surface area contributed by atoms with Crippen LogP contribution in [-0.4, -0.2) is 24.1 Å². The van der Waals surface area contributed by atoms with Crippen LogP contribution in [-0.2, 0) is 3.93 Å². The summed E-state index contributed by atoms with van der Waals surface area (Å²) < 4.78 is 24.1. The highest BCUT2D eigenvalue weighted by molar-refractivity contribution is 14.1. The Hall–Kier alpha value is -1.44. The maximum atomic E-state index is 13.5. The van der Waals surface area contributed by atoms with Crippen LogP contribution >= 0.6 is 22.6 Å². The molecule has 0 saturated carbocycles. The molecule has 2 bridgehead atoms. The summed E-state index contributed by atoms with van der Waals surface area (Å²) in [5, 5.41) is 3.44. The van der Waals surface area contributed by atoms with Gasteiger partial charge in [-0.25, -0.2) is 4.98 Å². The second kappa shape index (κ2) is 5.04. The number of pyridine rings is 1. The molecule has 0 amide bonds. The van der Waals surface area contributed by atoms with Gasteiger partial charge in [-0.3, -0.25) is 0 Å². The van der Waals surface area contributed by atoms with E-state index >= 15 is 0 Å². The molecule has 6 heteroatoms. The number of halogens is 3. The fourth-order valence-corrected chi connectivity index (χ4v) is 3.45. The lowest BCUT2D eigenvalue weighted by atomic mass is 10.1. The van der Waals surface area contributed by atoms with Gasteiger partial charge in [-0.05, 0) is 24.6 Å². The second-order valence-corrected chi connectivity index (χ2v) is 7.07. The number of nitrogens with one attached hydrogen (secondary N) is 1. The maximum Gasteiger partial charge on any atom is 0.321 e. The zero-order chi connectivity index (χ0) is 15.3. The van der Waals surface area contributed by atoms with Crippen molar-refractivity contribution in [2.45, 2.75) is 16.4 Å². The monoisotopic (exact) mass is 413 g/mol. The third kappa shape index (κ3) is 2.43. The average molecular weight is 413 g/mol. The first-order chi connectivity index (χ1) is 10.5. The molecule has 1 fully saturated rings. The molecule has 1 aromatic carbocycles. The zero-order valence-electron chi connectivity index (χ0n) is 11.7. The summed E-state index contributed by atoms with van der Waals surface area (Å²) in [6, 6.07) is 10.8. The van der Waals surface area contributed by atoms with Crippen LogP contribution in [0.2, 0.25) is 0 Å². The predicted molar refractivity (Wildman–Crippen MR) is 91.8 cm³/mol. The van der Waals surface area contributed by atoms with Crippen molar-refractivity contribution in [3.8, 4) is 11.3 Å². The molecule has 2 aliphatic heterocycles. The number of alkyl halides is 3. The van der Waals surface area contributed by atoms with E-state index in [0.717, 1.165) is 59.3 Å². The Morgan fingerprint density at radius 2 is 2.14 bits per heavy atom. The molecule has 3 heterocycles. The molecule has 1 atom stereocenters. The van der Waals surface area contributed by atoms with E-state index in [0.29, 0.717) is 11.6 Å². The Balaban J connectivity index is 1.74. The van der Waals surface area contributed by atoms with Crippen LogP contribution in [0.3, 0.4) is 0 Å². The lowest BCUT2D eigenvalue weighted by Gasteiger charge is -2.28. The second-order valence-electron chi connectivity index (χ2n) is 5.72. The van der Waals surface area contributed by atoms with Crippen LogP contribution in [0.25, 0.3) is 11.3 Å². The summed E-state index contributed by atoms with van der Waals surface area (Å²) in [6.07, 6.45) is 1.11. The SMILES string of the molecule is FC(F)(I)c1cccc(-c2ccc3c(n2)N[C@H]2CCN3C2)c1. The largest absolute Gasteiger partial charge is 0.366 e. The Morgan fingerprint density at radius 3 is 2.95 bits per heavy atom. The van der Waals surface area contributed by atoms with E-state index in [4.69, 9.17) is 0 Å². The molecule has 114 valence electrons. The van der Waals surface area contributed by atoms with E-state index in [1.54, 1.807) is 6.07 Å². The van der Waals surface area contributed by atoms with Crippen molar-refractivity contribution in [2.75, 3.05) is 23.3 Å².